The monoisotopic (exact) mass is 202 g/mol. The van der Waals surface area contributed by atoms with Gasteiger partial charge in [0.25, 0.3) is 0 Å². The molecule has 0 aliphatic heterocycles. The molecule has 0 saturated carbocycles. The summed E-state index contributed by atoms with van der Waals surface area (Å²) in [5.74, 6) is -6.72. The van der Waals surface area contributed by atoms with Gasteiger partial charge in [0.05, 0.1) is 5.39 Å². The molecule has 0 unspecified atom stereocenters. The summed E-state index contributed by atoms with van der Waals surface area (Å²) in [6, 6.07) is 0. The smallest absolute Gasteiger partial charge is 0.199 e. The molecule has 0 fully saturated rings. The first kappa shape index (κ1) is 8.86. The first-order valence-corrected chi connectivity index (χ1v) is 3.54. The summed E-state index contributed by atoms with van der Waals surface area (Å²) in [6.45, 7) is 0. The highest BCUT2D eigenvalue weighted by atomic mass is 19.2. The zero-order chi connectivity index (χ0) is 10.3. The van der Waals surface area contributed by atoms with Gasteiger partial charge in [-0.15, -0.1) is 0 Å². The summed E-state index contributed by atoms with van der Waals surface area (Å²) in [5, 5.41) is -0.482. The summed E-state index contributed by atoms with van der Waals surface area (Å²) >= 11 is 0. The third kappa shape index (κ3) is 1.03. The maximum Gasteiger partial charge on any atom is 0.199 e. The van der Waals surface area contributed by atoms with E-state index in [0.717, 1.165) is 12.5 Å². The van der Waals surface area contributed by atoms with E-state index in [9.17, 15) is 17.6 Å². The number of benzene rings is 1. The van der Waals surface area contributed by atoms with Gasteiger partial charge in [-0.05, 0) is 0 Å². The summed E-state index contributed by atoms with van der Waals surface area (Å²) in [6.07, 6.45) is 1.80. The second-order valence-corrected chi connectivity index (χ2v) is 2.54. The van der Waals surface area contributed by atoms with E-state index < -0.39 is 34.2 Å². The molecule has 72 valence electrons. The molecule has 2 nitrogen and oxygen atoms in total. The lowest BCUT2D eigenvalue weighted by atomic mass is 10.2. The van der Waals surface area contributed by atoms with Crippen LogP contribution in [0.3, 0.4) is 0 Å². The first-order valence-electron chi connectivity index (χ1n) is 3.54. The molecule has 14 heavy (non-hydrogen) atoms. The largest absolute Gasteiger partial charge is 0.244 e. The minimum atomic E-state index is -1.87. The van der Waals surface area contributed by atoms with Crippen molar-refractivity contribution in [2.24, 2.45) is 0 Å². The number of rotatable bonds is 0. The van der Waals surface area contributed by atoms with Crippen LogP contribution in [0.25, 0.3) is 10.9 Å². The highest BCUT2D eigenvalue weighted by Crippen LogP contribution is 2.23. The molecule has 2 rings (SSSR count). The van der Waals surface area contributed by atoms with Gasteiger partial charge in [-0.1, -0.05) is 0 Å². The molecule has 6 heteroatoms. The Hall–Kier alpha value is -1.72. The van der Waals surface area contributed by atoms with E-state index in [2.05, 4.69) is 9.97 Å². The van der Waals surface area contributed by atoms with Crippen molar-refractivity contribution in [2.75, 3.05) is 0 Å². The fourth-order valence-corrected chi connectivity index (χ4v) is 1.08. The van der Waals surface area contributed by atoms with E-state index in [1.54, 1.807) is 0 Å². The van der Waals surface area contributed by atoms with E-state index in [1.165, 1.54) is 0 Å². The molecule has 0 atom stereocenters. The van der Waals surface area contributed by atoms with Crippen LogP contribution in [0.2, 0.25) is 0 Å². The molecule has 2 aromatic rings. The SMILES string of the molecule is Fc1c(F)c(F)c2ncncc2c1F. The van der Waals surface area contributed by atoms with Gasteiger partial charge < -0.3 is 0 Å². The molecule has 1 aromatic heterocycles. The number of nitrogens with zero attached hydrogens (tertiary/aromatic N) is 2. The van der Waals surface area contributed by atoms with Gasteiger partial charge in [0, 0.05) is 6.20 Å². The predicted octanol–water partition coefficient (Wildman–Crippen LogP) is 2.19. The highest BCUT2D eigenvalue weighted by molar-refractivity contribution is 5.78. The Bertz CT molecular complexity index is 466. The van der Waals surface area contributed by atoms with Crippen LogP contribution < -0.4 is 0 Å². The number of fused-ring (bicyclic) bond motifs is 1. The van der Waals surface area contributed by atoms with E-state index in [-0.39, 0.29) is 0 Å². The van der Waals surface area contributed by atoms with Crippen LogP contribution >= 0.6 is 0 Å². The Morgan fingerprint density at radius 2 is 1.50 bits per heavy atom. The normalized spacial score (nSPS) is 10.9. The molecule has 0 N–H and O–H groups in total. The van der Waals surface area contributed by atoms with Gasteiger partial charge >= 0.3 is 0 Å². The van der Waals surface area contributed by atoms with Crippen LogP contribution in [-0.2, 0) is 0 Å². The second kappa shape index (κ2) is 2.90. The molecule has 0 aliphatic carbocycles. The van der Waals surface area contributed by atoms with Crippen LogP contribution in [0, 0.1) is 23.3 Å². The fourth-order valence-electron chi connectivity index (χ4n) is 1.08. The Morgan fingerprint density at radius 3 is 2.21 bits per heavy atom. The van der Waals surface area contributed by atoms with Crippen molar-refractivity contribution in [3.05, 3.63) is 35.8 Å². The van der Waals surface area contributed by atoms with Crippen LogP contribution in [-0.4, -0.2) is 9.97 Å². The maximum absolute atomic E-state index is 13.0. The zero-order valence-electron chi connectivity index (χ0n) is 6.56. The van der Waals surface area contributed by atoms with Gasteiger partial charge in [0.15, 0.2) is 23.3 Å². The van der Waals surface area contributed by atoms with Crippen molar-refractivity contribution in [1.29, 1.82) is 0 Å². The molecule has 1 heterocycles. The lowest BCUT2D eigenvalue weighted by Gasteiger charge is -2.01. The molecule has 0 aliphatic rings. The van der Waals surface area contributed by atoms with E-state index in [0.29, 0.717) is 0 Å². The molecular weight excluding hydrogens is 200 g/mol. The average Bonchev–Trinajstić information content (AvgIpc) is 2.23. The van der Waals surface area contributed by atoms with E-state index in [4.69, 9.17) is 0 Å². The molecule has 1 aromatic carbocycles. The zero-order valence-corrected chi connectivity index (χ0v) is 6.56. The molecule has 0 bridgehead atoms. The lowest BCUT2D eigenvalue weighted by Crippen LogP contribution is -1.99. The standard InChI is InChI=1S/C8H2F4N2/c9-4-3-1-13-2-14-8(3)7(12)6(11)5(4)10/h1-2H. The Balaban J connectivity index is 3.02. The predicted molar refractivity (Wildman–Crippen MR) is 39.4 cm³/mol. The highest BCUT2D eigenvalue weighted by Gasteiger charge is 2.20. The molecular formula is C8H2F4N2. The lowest BCUT2D eigenvalue weighted by molar-refractivity contribution is 0.417. The summed E-state index contributed by atoms with van der Waals surface area (Å²) in [5.41, 5.74) is -0.573. The summed E-state index contributed by atoms with van der Waals surface area (Å²) < 4.78 is 51.3. The van der Waals surface area contributed by atoms with Crippen LogP contribution in [0.1, 0.15) is 0 Å². The van der Waals surface area contributed by atoms with Gasteiger partial charge in [-0.2, -0.15) is 0 Å². The number of hydrogen-bond acceptors (Lipinski definition) is 2. The van der Waals surface area contributed by atoms with Gasteiger partial charge in [0.2, 0.25) is 0 Å². The third-order valence-electron chi connectivity index (χ3n) is 1.73. The molecule has 0 amide bonds. The molecule has 0 radical (unpaired) electrons. The number of halogens is 4. The van der Waals surface area contributed by atoms with Crippen molar-refractivity contribution in [2.45, 2.75) is 0 Å². The first-order chi connectivity index (χ1) is 6.63. The van der Waals surface area contributed by atoms with Crippen molar-refractivity contribution >= 4 is 10.9 Å². The van der Waals surface area contributed by atoms with Crippen molar-refractivity contribution in [3.63, 3.8) is 0 Å². The van der Waals surface area contributed by atoms with Gasteiger partial charge in [0.1, 0.15) is 11.8 Å². The van der Waals surface area contributed by atoms with E-state index in [1.807, 2.05) is 0 Å². The van der Waals surface area contributed by atoms with Crippen LogP contribution in [0.4, 0.5) is 17.6 Å². The minimum Gasteiger partial charge on any atom is -0.244 e. The van der Waals surface area contributed by atoms with Crippen LogP contribution in [0.5, 0.6) is 0 Å². The molecule has 0 saturated heterocycles. The van der Waals surface area contributed by atoms with Gasteiger partial charge in [-0.25, -0.2) is 27.5 Å². The topological polar surface area (TPSA) is 25.8 Å². The third-order valence-corrected chi connectivity index (χ3v) is 1.73. The quantitative estimate of drug-likeness (QED) is 0.371. The van der Waals surface area contributed by atoms with Crippen LogP contribution in [0.15, 0.2) is 12.5 Å². The summed E-state index contributed by atoms with van der Waals surface area (Å²) in [7, 11) is 0. The average molecular weight is 202 g/mol. The van der Waals surface area contributed by atoms with Crippen molar-refractivity contribution < 1.29 is 17.6 Å². The Morgan fingerprint density at radius 1 is 0.857 bits per heavy atom. The van der Waals surface area contributed by atoms with Crippen molar-refractivity contribution in [3.8, 4) is 0 Å². The minimum absolute atomic E-state index is 0.482. The second-order valence-electron chi connectivity index (χ2n) is 2.54. The van der Waals surface area contributed by atoms with E-state index >= 15 is 0 Å². The number of aromatic nitrogens is 2. The van der Waals surface area contributed by atoms with Crippen molar-refractivity contribution in [1.82, 2.24) is 9.97 Å². The molecule has 0 spiro atoms. The van der Waals surface area contributed by atoms with Gasteiger partial charge in [-0.3, -0.25) is 0 Å². The maximum atomic E-state index is 13.0. The number of hydrogen-bond donors (Lipinski definition) is 0. The Kier molecular flexibility index (Phi) is 1.83. The fraction of sp³-hybridized carbons (Fsp3) is 0. The summed E-state index contributed by atoms with van der Waals surface area (Å²) in [4.78, 5) is 6.69. The Labute approximate surface area is 75.2 Å².